The molecule has 0 saturated heterocycles. The molecule has 2 nitrogen and oxygen atoms in total. The summed E-state index contributed by atoms with van der Waals surface area (Å²) in [6.07, 6.45) is 5.86. The molecule has 3 heteroatoms. The minimum absolute atomic E-state index is 0.813. The van der Waals surface area contributed by atoms with Crippen LogP contribution < -0.4 is 0 Å². The van der Waals surface area contributed by atoms with Gasteiger partial charge in [0.05, 0.1) is 6.54 Å². The molecule has 0 spiro atoms. The second-order valence-electron chi connectivity index (χ2n) is 5.11. The minimum Gasteiger partial charge on any atom is -0.296 e. The molecular weight excluding hydrogens is 288 g/mol. The Balaban J connectivity index is 1.63. The van der Waals surface area contributed by atoms with Crippen molar-refractivity contribution in [3.8, 4) is 0 Å². The molecule has 0 saturated carbocycles. The summed E-state index contributed by atoms with van der Waals surface area (Å²) in [6.45, 7) is 0.813. The fraction of sp³-hybridized carbons (Fsp3) is 0.105. The van der Waals surface area contributed by atoms with Crippen molar-refractivity contribution in [3.63, 3.8) is 0 Å². The lowest BCUT2D eigenvalue weighted by molar-refractivity contribution is 0.350. The molecule has 22 heavy (non-hydrogen) atoms. The van der Waals surface area contributed by atoms with Crippen LogP contribution in [-0.4, -0.2) is 18.3 Å². The van der Waals surface area contributed by atoms with E-state index in [1.807, 2.05) is 42.5 Å². The predicted octanol–water partition coefficient (Wildman–Crippen LogP) is 5.03. The molecule has 3 aromatic rings. The van der Waals surface area contributed by atoms with Gasteiger partial charge in [0.1, 0.15) is 0 Å². The molecule has 2 aromatic carbocycles. The third-order valence-corrected chi connectivity index (χ3v) is 4.40. The van der Waals surface area contributed by atoms with Crippen molar-refractivity contribution in [1.82, 2.24) is 5.01 Å². The van der Waals surface area contributed by atoms with Gasteiger partial charge in [0.15, 0.2) is 0 Å². The molecule has 110 valence electrons. The molecule has 0 N–H and O–H groups in total. The first-order chi connectivity index (χ1) is 10.8. The summed E-state index contributed by atoms with van der Waals surface area (Å²) in [6, 6.07) is 18.8. The number of hydrazone groups is 1. The normalized spacial score (nSPS) is 11.7. The Morgan fingerprint density at radius 1 is 1.05 bits per heavy atom. The van der Waals surface area contributed by atoms with Gasteiger partial charge in [-0.1, -0.05) is 54.6 Å². The van der Waals surface area contributed by atoms with Crippen molar-refractivity contribution < 1.29 is 0 Å². The Kier molecular flexibility index (Phi) is 4.66. The molecule has 0 aliphatic rings. The smallest absolute Gasteiger partial charge is 0.0621 e. The molecule has 3 rings (SSSR count). The van der Waals surface area contributed by atoms with Crippen LogP contribution >= 0.6 is 11.3 Å². The lowest BCUT2D eigenvalue weighted by Crippen LogP contribution is -2.10. The van der Waals surface area contributed by atoms with E-state index in [1.54, 1.807) is 11.3 Å². The average molecular weight is 306 g/mol. The number of nitrogens with zero attached hydrogens (tertiary/aromatic N) is 2. The Hall–Kier alpha value is -2.39. The van der Waals surface area contributed by atoms with Crippen LogP contribution in [0.1, 0.15) is 11.1 Å². The van der Waals surface area contributed by atoms with E-state index in [2.05, 4.69) is 53.0 Å². The number of hydrogen-bond donors (Lipinski definition) is 0. The maximum absolute atomic E-state index is 4.45. The largest absolute Gasteiger partial charge is 0.296 e. The molecule has 0 aliphatic heterocycles. The highest BCUT2D eigenvalue weighted by molar-refractivity contribution is 7.17. The Labute approximate surface area is 135 Å². The summed E-state index contributed by atoms with van der Waals surface area (Å²) in [5.74, 6) is 0. The summed E-state index contributed by atoms with van der Waals surface area (Å²) in [7, 11) is 2.00. The van der Waals surface area contributed by atoms with Gasteiger partial charge in [-0.05, 0) is 34.0 Å². The van der Waals surface area contributed by atoms with Gasteiger partial charge in [-0.3, -0.25) is 5.01 Å². The van der Waals surface area contributed by atoms with E-state index in [0.717, 1.165) is 6.54 Å². The monoisotopic (exact) mass is 306 g/mol. The van der Waals surface area contributed by atoms with E-state index in [9.17, 15) is 0 Å². The number of hydrogen-bond acceptors (Lipinski definition) is 3. The van der Waals surface area contributed by atoms with Crippen molar-refractivity contribution in [2.24, 2.45) is 5.10 Å². The van der Waals surface area contributed by atoms with Crippen molar-refractivity contribution in [3.05, 3.63) is 77.2 Å². The van der Waals surface area contributed by atoms with Crippen molar-refractivity contribution in [2.75, 3.05) is 7.05 Å². The Morgan fingerprint density at radius 2 is 1.91 bits per heavy atom. The second-order valence-corrected chi connectivity index (χ2v) is 6.02. The minimum atomic E-state index is 0.813. The lowest BCUT2D eigenvalue weighted by Gasteiger charge is -2.12. The van der Waals surface area contributed by atoms with Gasteiger partial charge in [-0.15, -0.1) is 11.3 Å². The van der Waals surface area contributed by atoms with Gasteiger partial charge < -0.3 is 0 Å². The van der Waals surface area contributed by atoms with Gasteiger partial charge in [0.2, 0.25) is 0 Å². The highest BCUT2D eigenvalue weighted by atomic mass is 32.1. The van der Waals surface area contributed by atoms with E-state index < -0.39 is 0 Å². The third kappa shape index (κ3) is 3.62. The van der Waals surface area contributed by atoms with E-state index >= 15 is 0 Å². The van der Waals surface area contributed by atoms with E-state index in [-0.39, 0.29) is 0 Å². The molecular formula is C19H18N2S. The van der Waals surface area contributed by atoms with E-state index in [1.165, 1.54) is 21.2 Å². The van der Waals surface area contributed by atoms with Crippen molar-refractivity contribution >= 4 is 33.7 Å². The molecule has 1 aromatic heterocycles. The van der Waals surface area contributed by atoms with Gasteiger partial charge in [0, 0.05) is 18.0 Å². The zero-order valence-corrected chi connectivity index (χ0v) is 13.3. The first kappa shape index (κ1) is 14.5. The quantitative estimate of drug-likeness (QED) is 0.476. The maximum atomic E-state index is 4.45. The van der Waals surface area contributed by atoms with Gasteiger partial charge >= 0.3 is 0 Å². The SMILES string of the molecule is CN(Cc1cccc2ccsc12)N=CC=Cc1ccccc1. The lowest BCUT2D eigenvalue weighted by atomic mass is 10.1. The Morgan fingerprint density at radius 3 is 2.77 bits per heavy atom. The van der Waals surface area contributed by atoms with E-state index in [0.29, 0.717) is 0 Å². The highest BCUT2D eigenvalue weighted by Crippen LogP contribution is 2.25. The third-order valence-electron chi connectivity index (χ3n) is 3.40. The molecule has 0 fully saturated rings. The molecule has 0 unspecified atom stereocenters. The second kappa shape index (κ2) is 7.05. The van der Waals surface area contributed by atoms with Crippen LogP contribution in [0.15, 0.2) is 71.2 Å². The molecule has 0 aliphatic carbocycles. The van der Waals surface area contributed by atoms with Crippen molar-refractivity contribution in [1.29, 1.82) is 0 Å². The number of rotatable bonds is 5. The fourth-order valence-electron chi connectivity index (χ4n) is 2.34. The van der Waals surface area contributed by atoms with Crippen LogP contribution in [0.5, 0.6) is 0 Å². The fourth-order valence-corrected chi connectivity index (χ4v) is 3.24. The van der Waals surface area contributed by atoms with Crippen LogP contribution in [0.3, 0.4) is 0 Å². The summed E-state index contributed by atoms with van der Waals surface area (Å²) >= 11 is 1.79. The van der Waals surface area contributed by atoms with Gasteiger partial charge in [-0.25, -0.2) is 0 Å². The van der Waals surface area contributed by atoms with E-state index in [4.69, 9.17) is 0 Å². The zero-order chi connectivity index (χ0) is 15.2. The predicted molar refractivity (Wildman–Crippen MR) is 97.3 cm³/mol. The number of fused-ring (bicyclic) bond motifs is 1. The molecule has 0 atom stereocenters. The first-order valence-electron chi connectivity index (χ1n) is 7.25. The summed E-state index contributed by atoms with van der Waals surface area (Å²) in [5.41, 5.74) is 2.50. The summed E-state index contributed by atoms with van der Waals surface area (Å²) in [4.78, 5) is 0. The summed E-state index contributed by atoms with van der Waals surface area (Å²) < 4.78 is 1.35. The van der Waals surface area contributed by atoms with Crippen molar-refractivity contribution in [2.45, 2.75) is 6.54 Å². The standard InChI is InChI=1S/C19H18N2S/c1-21(20-13-6-9-16-7-3-2-4-8-16)15-18-11-5-10-17-12-14-22-19(17)18/h2-14H,15H2,1H3. The number of thiophene rings is 1. The van der Waals surface area contributed by atoms with Crippen LogP contribution in [0, 0.1) is 0 Å². The van der Waals surface area contributed by atoms with Crippen LogP contribution in [0.25, 0.3) is 16.2 Å². The first-order valence-corrected chi connectivity index (χ1v) is 8.13. The average Bonchev–Trinajstić information content (AvgIpc) is 3.02. The number of allylic oxidation sites excluding steroid dienone is 1. The maximum Gasteiger partial charge on any atom is 0.0621 e. The molecule has 1 heterocycles. The van der Waals surface area contributed by atoms with Crippen LogP contribution in [0.4, 0.5) is 0 Å². The van der Waals surface area contributed by atoms with Crippen LogP contribution in [0.2, 0.25) is 0 Å². The molecule has 0 bridgehead atoms. The summed E-state index contributed by atoms with van der Waals surface area (Å²) in [5, 5.41) is 9.86. The molecule has 0 amide bonds. The zero-order valence-electron chi connectivity index (χ0n) is 12.5. The van der Waals surface area contributed by atoms with Gasteiger partial charge in [0.25, 0.3) is 0 Å². The number of benzene rings is 2. The topological polar surface area (TPSA) is 15.6 Å². The van der Waals surface area contributed by atoms with Gasteiger partial charge in [-0.2, -0.15) is 5.10 Å². The Bertz CT molecular complexity index is 787. The highest BCUT2D eigenvalue weighted by Gasteiger charge is 2.03. The molecule has 0 radical (unpaired) electrons. The van der Waals surface area contributed by atoms with Crippen LogP contribution in [-0.2, 0) is 6.54 Å².